The molecule has 0 radical (unpaired) electrons. The van der Waals surface area contributed by atoms with Crippen molar-refractivity contribution in [2.45, 2.75) is 33.2 Å². The molecule has 142 valence electrons. The topological polar surface area (TPSA) is 77.0 Å². The van der Waals surface area contributed by atoms with E-state index in [4.69, 9.17) is 17.3 Å². The molecule has 1 aromatic carbocycles. The van der Waals surface area contributed by atoms with Gasteiger partial charge in [-0.15, -0.1) is 17.5 Å². The highest BCUT2D eigenvalue weighted by atomic mass is 35.5. The summed E-state index contributed by atoms with van der Waals surface area (Å²) in [5.74, 6) is -0.677. The second-order valence-electron chi connectivity index (χ2n) is 7.14. The van der Waals surface area contributed by atoms with E-state index in [9.17, 15) is 9.18 Å². The summed E-state index contributed by atoms with van der Waals surface area (Å²) >= 11 is 5.83. The molecule has 3 rings (SSSR count). The number of carbonyl (C=O) groups is 1. The molecule has 0 saturated carbocycles. The zero-order valence-corrected chi connectivity index (χ0v) is 16.4. The average molecular weight is 402 g/mol. The van der Waals surface area contributed by atoms with Gasteiger partial charge in [0.2, 0.25) is 0 Å². The Kier molecular flexibility index (Phi) is 5.95. The molecule has 1 amide bonds. The number of likely N-dealkylation sites (tertiary alicyclic amines) is 1. The van der Waals surface area contributed by atoms with Gasteiger partial charge in [0.15, 0.2) is 5.69 Å². The van der Waals surface area contributed by atoms with E-state index in [0.717, 1.165) is 6.42 Å². The van der Waals surface area contributed by atoms with Gasteiger partial charge < -0.3 is 10.6 Å². The van der Waals surface area contributed by atoms with Crippen molar-refractivity contribution in [3.8, 4) is 5.69 Å². The fourth-order valence-electron chi connectivity index (χ4n) is 3.09. The number of aromatic nitrogens is 3. The van der Waals surface area contributed by atoms with Crippen LogP contribution >= 0.6 is 24.0 Å². The number of piperidine rings is 1. The maximum absolute atomic E-state index is 13.3. The normalized spacial score (nSPS) is 19.2. The van der Waals surface area contributed by atoms with Crippen LogP contribution in [-0.2, 0) is 0 Å². The third-order valence-corrected chi connectivity index (χ3v) is 5.13. The Morgan fingerprint density at radius 2 is 2.12 bits per heavy atom. The van der Waals surface area contributed by atoms with E-state index in [0.29, 0.717) is 24.5 Å². The van der Waals surface area contributed by atoms with Crippen LogP contribution in [0.4, 0.5) is 4.39 Å². The second-order valence-corrected chi connectivity index (χ2v) is 7.55. The number of halogens is 3. The van der Waals surface area contributed by atoms with E-state index in [-0.39, 0.29) is 40.5 Å². The molecule has 0 bridgehead atoms. The molecule has 1 aromatic heterocycles. The summed E-state index contributed by atoms with van der Waals surface area (Å²) in [6.07, 6.45) is 0.749. The van der Waals surface area contributed by atoms with Crippen LogP contribution in [0.15, 0.2) is 18.2 Å². The van der Waals surface area contributed by atoms with E-state index in [2.05, 4.69) is 24.2 Å². The third-order valence-electron chi connectivity index (χ3n) is 4.84. The zero-order chi connectivity index (χ0) is 18.4. The highest BCUT2D eigenvalue weighted by molar-refractivity contribution is 6.30. The molecule has 2 aromatic rings. The minimum atomic E-state index is -0.508. The lowest BCUT2D eigenvalue weighted by Gasteiger charge is -2.42. The third kappa shape index (κ3) is 3.70. The first-order valence-electron chi connectivity index (χ1n) is 8.13. The molecule has 2 heterocycles. The number of hydrogen-bond acceptors (Lipinski definition) is 4. The van der Waals surface area contributed by atoms with E-state index >= 15 is 0 Å². The first kappa shape index (κ1) is 20.6. The van der Waals surface area contributed by atoms with Crippen molar-refractivity contribution >= 4 is 29.9 Å². The summed E-state index contributed by atoms with van der Waals surface area (Å²) in [6, 6.07) is 4.32. The Morgan fingerprint density at radius 1 is 1.42 bits per heavy atom. The predicted molar refractivity (Wildman–Crippen MR) is 101 cm³/mol. The van der Waals surface area contributed by atoms with Gasteiger partial charge in [-0.25, -0.2) is 9.07 Å². The molecular formula is C17H22Cl2FN5O. The van der Waals surface area contributed by atoms with Crippen molar-refractivity contribution < 1.29 is 9.18 Å². The summed E-state index contributed by atoms with van der Waals surface area (Å²) in [5, 5.41) is 8.07. The van der Waals surface area contributed by atoms with E-state index < -0.39 is 5.82 Å². The summed E-state index contributed by atoms with van der Waals surface area (Å²) in [5.41, 5.74) is 7.41. The minimum absolute atomic E-state index is 0. The Labute approximate surface area is 162 Å². The maximum atomic E-state index is 13.3. The van der Waals surface area contributed by atoms with Crippen LogP contribution in [0.3, 0.4) is 0 Å². The summed E-state index contributed by atoms with van der Waals surface area (Å²) in [7, 11) is 0. The van der Waals surface area contributed by atoms with Gasteiger partial charge in [0, 0.05) is 19.1 Å². The van der Waals surface area contributed by atoms with Crippen LogP contribution in [0.2, 0.25) is 5.02 Å². The lowest BCUT2D eigenvalue weighted by atomic mass is 9.79. The van der Waals surface area contributed by atoms with Crippen LogP contribution < -0.4 is 5.73 Å². The van der Waals surface area contributed by atoms with Gasteiger partial charge in [-0.3, -0.25) is 4.79 Å². The largest absolute Gasteiger partial charge is 0.337 e. The monoisotopic (exact) mass is 401 g/mol. The smallest absolute Gasteiger partial charge is 0.276 e. The van der Waals surface area contributed by atoms with E-state index in [1.54, 1.807) is 17.9 Å². The van der Waals surface area contributed by atoms with Crippen molar-refractivity contribution in [2.24, 2.45) is 11.1 Å². The van der Waals surface area contributed by atoms with Crippen molar-refractivity contribution in [3.05, 3.63) is 40.4 Å². The summed E-state index contributed by atoms with van der Waals surface area (Å²) < 4.78 is 14.8. The molecule has 0 spiro atoms. The second kappa shape index (κ2) is 7.50. The van der Waals surface area contributed by atoms with Crippen LogP contribution in [0.25, 0.3) is 5.69 Å². The van der Waals surface area contributed by atoms with Crippen molar-refractivity contribution in [1.82, 2.24) is 19.9 Å². The number of hydrogen-bond donors (Lipinski definition) is 1. The number of rotatable bonds is 2. The Balaban J connectivity index is 0.00000243. The highest BCUT2D eigenvalue weighted by Crippen LogP contribution is 2.29. The molecule has 2 N–H and O–H groups in total. The van der Waals surface area contributed by atoms with Gasteiger partial charge in [-0.2, -0.15) is 0 Å². The predicted octanol–water partition coefficient (Wildman–Crippen LogP) is 2.99. The molecule has 1 saturated heterocycles. The standard InChI is InChI=1S/C17H21ClFN5O.ClH/c1-10-15(16(25)23-7-6-14(20)17(2,3)9-23)21-22-24(10)11-4-5-13(19)12(18)8-11;/h4-5,8,14H,6-7,9,20H2,1-3H3;1H. The fraction of sp³-hybridized carbons (Fsp3) is 0.471. The fourth-order valence-corrected chi connectivity index (χ4v) is 3.26. The molecule has 1 fully saturated rings. The number of carbonyl (C=O) groups excluding carboxylic acids is 1. The van der Waals surface area contributed by atoms with Gasteiger partial charge >= 0.3 is 0 Å². The number of amides is 1. The first-order valence-corrected chi connectivity index (χ1v) is 8.51. The molecule has 0 aliphatic carbocycles. The Bertz CT molecular complexity index is 823. The van der Waals surface area contributed by atoms with Gasteiger partial charge in [0.1, 0.15) is 5.82 Å². The average Bonchev–Trinajstić information content (AvgIpc) is 2.93. The van der Waals surface area contributed by atoms with Crippen molar-refractivity contribution in [2.75, 3.05) is 13.1 Å². The molecular weight excluding hydrogens is 380 g/mol. The SMILES string of the molecule is Cc1c(C(=O)N2CCC(N)C(C)(C)C2)nnn1-c1ccc(F)c(Cl)c1.Cl. The quantitative estimate of drug-likeness (QED) is 0.838. The lowest BCUT2D eigenvalue weighted by molar-refractivity contribution is 0.0526. The van der Waals surface area contributed by atoms with Crippen molar-refractivity contribution in [1.29, 1.82) is 0 Å². The van der Waals surface area contributed by atoms with Crippen LogP contribution in [0.5, 0.6) is 0 Å². The van der Waals surface area contributed by atoms with Gasteiger partial charge in [-0.1, -0.05) is 30.7 Å². The summed E-state index contributed by atoms with van der Waals surface area (Å²) in [4.78, 5) is 14.6. The molecule has 26 heavy (non-hydrogen) atoms. The number of benzene rings is 1. The maximum Gasteiger partial charge on any atom is 0.276 e. The van der Waals surface area contributed by atoms with E-state index in [1.807, 2.05) is 0 Å². The van der Waals surface area contributed by atoms with Gasteiger partial charge in [-0.05, 0) is 37.0 Å². The Hall–Kier alpha value is -1.70. The molecule has 9 heteroatoms. The van der Waals surface area contributed by atoms with Gasteiger partial charge in [0.25, 0.3) is 5.91 Å². The molecule has 6 nitrogen and oxygen atoms in total. The van der Waals surface area contributed by atoms with Gasteiger partial charge in [0.05, 0.1) is 16.4 Å². The van der Waals surface area contributed by atoms with E-state index in [1.165, 1.54) is 16.8 Å². The minimum Gasteiger partial charge on any atom is -0.337 e. The zero-order valence-electron chi connectivity index (χ0n) is 14.9. The lowest BCUT2D eigenvalue weighted by Crippen LogP contribution is -2.54. The molecule has 1 unspecified atom stereocenters. The number of nitrogens with two attached hydrogens (primary N) is 1. The molecule has 1 aliphatic rings. The van der Waals surface area contributed by atoms with Crippen LogP contribution in [-0.4, -0.2) is 44.9 Å². The van der Waals surface area contributed by atoms with Crippen LogP contribution in [0, 0.1) is 18.2 Å². The molecule has 1 atom stereocenters. The first-order chi connectivity index (χ1) is 11.7. The highest BCUT2D eigenvalue weighted by Gasteiger charge is 2.36. The van der Waals surface area contributed by atoms with Crippen molar-refractivity contribution in [3.63, 3.8) is 0 Å². The number of nitrogens with zero attached hydrogens (tertiary/aromatic N) is 4. The summed E-state index contributed by atoms with van der Waals surface area (Å²) in [6.45, 7) is 7.04. The van der Waals surface area contributed by atoms with Crippen LogP contribution in [0.1, 0.15) is 36.5 Å². The Morgan fingerprint density at radius 3 is 2.73 bits per heavy atom. The molecule has 1 aliphatic heterocycles.